The van der Waals surface area contributed by atoms with Gasteiger partial charge in [0.25, 0.3) is 0 Å². The van der Waals surface area contributed by atoms with Crippen molar-refractivity contribution in [2.45, 2.75) is 11.8 Å². The van der Waals surface area contributed by atoms with Crippen LogP contribution in [-0.2, 0) is 4.74 Å². The average molecular weight is 370 g/mol. The monoisotopic (exact) mass is 370 g/mol. The molecule has 0 aliphatic heterocycles. The number of ether oxygens (including phenoxy) is 1. The summed E-state index contributed by atoms with van der Waals surface area (Å²) in [6, 6.07) is 32.2. The van der Waals surface area contributed by atoms with Crippen LogP contribution in [0, 0.1) is 0 Å². The van der Waals surface area contributed by atoms with Gasteiger partial charge in [-0.1, -0.05) is 109 Å². The Morgan fingerprint density at radius 1 is 0.741 bits per heavy atom. The van der Waals surface area contributed by atoms with Crippen LogP contribution in [0.25, 0.3) is 5.57 Å². The Hall–Kier alpha value is -2.47. The standard InChI is InChI=1S/C25H23OP/c1-26-25(20-12-11-19-24(25)21-13-5-2-6-14-21)27(22-15-7-3-8-16-22)23-17-9-4-10-18-23/h2-19H,20H2,1H3. The van der Waals surface area contributed by atoms with Gasteiger partial charge in [-0.05, 0) is 29.7 Å². The van der Waals surface area contributed by atoms with Crippen molar-refractivity contribution in [1.29, 1.82) is 0 Å². The molecule has 1 aliphatic carbocycles. The first-order valence-corrected chi connectivity index (χ1v) is 10.6. The largest absolute Gasteiger partial charge is 0.368 e. The summed E-state index contributed by atoms with van der Waals surface area (Å²) in [6.07, 6.45) is 7.48. The molecule has 1 atom stereocenters. The number of benzene rings is 3. The van der Waals surface area contributed by atoms with Crippen molar-refractivity contribution in [2.24, 2.45) is 0 Å². The molecule has 1 unspecified atom stereocenters. The number of rotatable bonds is 5. The molecular weight excluding hydrogens is 347 g/mol. The van der Waals surface area contributed by atoms with Gasteiger partial charge in [0, 0.05) is 13.5 Å². The summed E-state index contributed by atoms with van der Waals surface area (Å²) in [5.74, 6) is 0. The van der Waals surface area contributed by atoms with Crippen LogP contribution in [0.4, 0.5) is 0 Å². The van der Waals surface area contributed by atoms with Gasteiger partial charge in [0.2, 0.25) is 0 Å². The predicted octanol–water partition coefficient (Wildman–Crippen LogP) is 5.51. The Bertz CT molecular complexity index is 892. The first-order valence-electron chi connectivity index (χ1n) is 9.23. The van der Waals surface area contributed by atoms with Crippen molar-refractivity contribution < 1.29 is 4.74 Å². The molecule has 0 radical (unpaired) electrons. The number of allylic oxidation sites excluding steroid dienone is 2. The van der Waals surface area contributed by atoms with E-state index in [1.54, 1.807) is 0 Å². The molecular formula is C25H23OP. The van der Waals surface area contributed by atoms with Gasteiger partial charge in [0.1, 0.15) is 5.34 Å². The van der Waals surface area contributed by atoms with Gasteiger partial charge >= 0.3 is 0 Å². The summed E-state index contributed by atoms with van der Waals surface area (Å²) in [4.78, 5) is 0. The average Bonchev–Trinajstić information content (AvgIpc) is 2.76. The van der Waals surface area contributed by atoms with E-state index in [9.17, 15) is 0 Å². The lowest BCUT2D eigenvalue weighted by atomic mass is 9.94. The molecule has 1 nitrogen and oxygen atoms in total. The van der Waals surface area contributed by atoms with Crippen molar-refractivity contribution in [3.63, 3.8) is 0 Å². The van der Waals surface area contributed by atoms with E-state index in [-0.39, 0.29) is 0 Å². The first kappa shape index (κ1) is 17.9. The van der Waals surface area contributed by atoms with E-state index in [2.05, 4.69) is 109 Å². The molecule has 2 heteroatoms. The van der Waals surface area contributed by atoms with E-state index in [0.717, 1.165) is 6.42 Å². The van der Waals surface area contributed by atoms with Crippen LogP contribution in [0.5, 0.6) is 0 Å². The van der Waals surface area contributed by atoms with Crippen LogP contribution in [-0.4, -0.2) is 12.5 Å². The maximum absolute atomic E-state index is 6.43. The highest BCUT2D eigenvalue weighted by atomic mass is 31.1. The number of hydrogen-bond donors (Lipinski definition) is 0. The Morgan fingerprint density at radius 3 is 1.78 bits per heavy atom. The summed E-state index contributed by atoms with van der Waals surface area (Å²) in [5.41, 5.74) is 2.48. The van der Waals surface area contributed by atoms with Crippen molar-refractivity contribution in [3.05, 3.63) is 115 Å². The van der Waals surface area contributed by atoms with Gasteiger partial charge in [-0.2, -0.15) is 0 Å². The van der Waals surface area contributed by atoms with Gasteiger partial charge in [-0.3, -0.25) is 0 Å². The zero-order valence-corrected chi connectivity index (χ0v) is 16.3. The lowest BCUT2D eigenvalue weighted by Gasteiger charge is -2.43. The first-order chi connectivity index (χ1) is 13.3. The van der Waals surface area contributed by atoms with Crippen LogP contribution >= 0.6 is 7.92 Å². The predicted molar refractivity (Wildman–Crippen MR) is 117 cm³/mol. The minimum Gasteiger partial charge on any atom is -0.368 e. The highest BCUT2D eigenvalue weighted by Gasteiger charge is 2.44. The van der Waals surface area contributed by atoms with E-state index >= 15 is 0 Å². The smallest absolute Gasteiger partial charge is 0.123 e. The minimum absolute atomic E-state index is 0.395. The van der Waals surface area contributed by atoms with E-state index in [1.807, 2.05) is 7.11 Å². The van der Waals surface area contributed by atoms with Crippen LogP contribution in [0.2, 0.25) is 0 Å². The van der Waals surface area contributed by atoms with E-state index in [0.29, 0.717) is 0 Å². The van der Waals surface area contributed by atoms with Crippen LogP contribution < -0.4 is 10.6 Å². The summed E-state index contributed by atoms with van der Waals surface area (Å²) in [5, 5.41) is 2.27. The van der Waals surface area contributed by atoms with Gasteiger partial charge in [-0.15, -0.1) is 0 Å². The van der Waals surface area contributed by atoms with Crippen molar-refractivity contribution in [3.8, 4) is 0 Å². The maximum atomic E-state index is 6.43. The second kappa shape index (κ2) is 8.05. The van der Waals surface area contributed by atoms with Crippen LogP contribution in [0.3, 0.4) is 0 Å². The summed E-state index contributed by atoms with van der Waals surface area (Å²) in [6.45, 7) is 0. The fourth-order valence-electron chi connectivity index (χ4n) is 3.79. The molecule has 3 aromatic carbocycles. The third-order valence-electron chi connectivity index (χ3n) is 5.03. The molecule has 0 heterocycles. The third-order valence-corrected chi connectivity index (χ3v) is 7.98. The summed E-state index contributed by atoms with van der Waals surface area (Å²) >= 11 is 0. The van der Waals surface area contributed by atoms with Gasteiger partial charge < -0.3 is 4.74 Å². The number of methoxy groups -OCH3 is 1. The lowest BCUT2D eigenvalue weighted by molar-refractivity contribution is 0.117. The third kappa shape index (κ3) is 3.41. The molecule has 0 saturated carbocycles. The summed E-state index contributed by atoms with van der Waals surface area (Å²) in [7, 11) is 1.10. The van der Waals surface area contributed by atoms with E-state index in [1.165, 1.54) is 21.7 Å². The SMILES string of the molecule is COC1(P(c2ccccc2)c2ccccc2)CC=CC=C1c1ccccc1. The second-order valence-corrected chi connectivity index (χ2v) is 9.00. The lowest BCUT2D eigenvalue weighted by Crippen LogP contribution is -2.38. The molecule has 27 heavy (non-hydrogen) atoms. The Kier molecular flexibility index (Phi) is 5.34. The fourth-order valence-corrected chi connectivity index (χ4v) is 6.78. The van der Waals surface area contributed by atoms with Gasteiger partial charge in [0.05, 0.1) is 0 Å². The molecule has 3 aromatic rings. The molecule has 0 spiro atoms. The topological polar surface area (TPSA) is 9.23 Å². The Balaban J connectivity index is 1.93. The van der Waals surface area contributed by atoms with Gasteiger partial charge in [-0.25, -0.2) is 0 Å². The zero-order valence-electron chi connectivity index (χ0n) is 15.5. The molecule has 0 aromatic heterocycles. The second-order valence-electron chi connectivity index (χ2n) is 6.57. The maximum Gasteiger partial charge on any atom is 0.123 e. The molecule has 1 aliphatic rings. The number of hydrogen-bond acceptors (Lipinski definition) is 1. The highest BCUT2D eigenvalue weighted by Crippen LogP contribution is 2.58. The quantitative estimate of drug-likeness (QED) is 0.539. The molecule has 0 amide bonds. The van der Waals surface area contributed by atoms with Gasteiger partial charge in [0.15, 0.2) is 0 Å². The van der Waals surface area contributed by atoms with E-state index in [4.69, 9.17) is 4.74 Å². The van der Waals surface area contributed by atoms with Crippen LogP contribution in [0.15, 0.2) is 109 Å². The molecule has 134 valence electrons. The molecule has 0 fully saturated rings. The van der Waals surface area contributed by atoms with Crippen LogP contribution in [0.1, 0.15) is 12.0 Å². The summed E-state index contributed by atoms with van der Waals surface area (Å²) < 4.78 is 6.43. The highest BCUT2D eigenvalue weighted by molar-refractivity contribution is 7.74. The normalized spacial score (nSPS) is 19.1. The fraction of sp³-hybridized carbons (Fsp3) is 0.120. The molecule has 0 bridgehead atoms. The molecule has 4 rings (SSSR count). The van der Waals surface area contributed by atoms with E-state index < -0.39 is 13.3 Å². The Labute approximate surface area is 162 Å². The molecule has 0 N–H and O–H groups in total. The van der Waals surface area contributed by atoms with Crippen molar-refractivity contribution in [2.75, 3.05) is 7.11 Å². The van der Waals surface area contributed by atoms with Crippen molar-refractivity contribution in [1.82, 2.24) is 0 Å². The molecule has 0 saturated heterocycles. The van der Waals surface area contributed by atoms with Crippen molar-refractivity contribution >= 4 is 24.1 Å². The minimum atomic E-state index is -0.758. The zero-order chi connectivity index (χ0) is 18.5. The Morgan fingerprint density at radius 2 is 1.26 bits per heavy atom.